The summed E-state index contributed by atoms with van der Waals surface area (Å²) in [6.45, 7) is 2.55. The molecule has 0 bridgehead atoms. The standard InChI is InChI=1S/C13H14N2O/c1-2-4-11-8-15-12(7-10(11)3-1)13-9-14-5-6-16-13/h1-4,7-8,13-14H,5-6,9H2/t13-/m1/s1. The molecule has 1 aliphatic heterocycles. The summed E-state index contributed by atoms with van der Waals surface area (Å²) in [6.07, 6.45) is 2.01. The number of fused-ring (bicyclic) bond motifs is 1. The van der Waals surface area contributed by atoms with Gasteiger partial charge in [-0.25, -0.2) is 0 Å². The molecule has 16 heavy (non-hydrogen) atoms. The monoisotopic (exact) mass is 214 g/mol. The molecule has 1 aromatic carbocycles. The predicted molar refractivity (Wildman–Crippen MR) is 63.3 cm³/mol. The summed E-state index contributed by atoms with van der Waals surface area (Å²) in [5.41, 5.74) is 1.02. The first-order valence-electron chi connectivity index (χ1n) is 5.60. The SMILES string of the molecule is c1ccc2cc([C@H]3CNCCO3)ncc2c1. The van der Waals surface area contributed by atoms with Gasteiger partial charge in [-0.3, -0.25) is 4.98 Å². The Labute approximate surface area is 94.5 Å². The van der Waals surface area contributed by atoms with Gasteiger partial charge in [-0.15, -0.1) is 0 Å². The molecule has 0 aliphatic carbocycles. The van der Waals surface area contributed by atoms with Gasteiger partial charge in [0.15, 0.2) is 0 Å². The van der Waals surface area contributed by atoms with Gasteiger partial charge < -0.3 is 10.1 Å². The van der Waals surface area contributed by atoms with Crippen LogP contribution in [0.4, 0.5) is 0 Å². The smallest absolute Gasteiger partial charge is 0.112 e. The topological polar surface area (TPSA) is 34.1 Å². The van der Waals surface area contributed by atoms with Crippen LogP contribution in [-0.2, 0) is 4.74 Å². The van der Waals surface area contributed by atoms with E-state index in [4.69, 9.17) is 4.74 Å². The zero-order chi connectivity index (χ0) is 10.8. The van der Waals surface area contributed by atoms with Crippen LogP contribution in [0, 0.1) is 0 Å². The summed E-state index contributed by atoms with van der Waals surface area (Å²) in [7, 11) is 0. The highest BCUT2D eigenvalue weighted by Gasteiger charge is 2.16. The minimum absolute atomic E-state index is 0.0957. The maximum Gasteiger partial charge on any atom is 0.112 e. The molecule has 0 unspecified atom stereocenters. The Balaban J connectivity index is 1.97. The van der Waals surface area contributed by atoms with E-state index in [1.807, 2.05) is 18.3 Å². The largest absolute Gasteiger partial charge is 0.369 e. The van der Waals surface area contributed by atoms with E-state index in [1.54, 1.807) is 0 Å². The van der Waals surface area contributed by atoms with Gasteiger partial charge in [0, 0.05) is 24.7 Å². The average Bonchev–Trinajstić information content (AvgIpc) is 2.39. The maximum absolute atomic E-state index is 5.69. The minimum Gasteiger partial charge on any atom is -0.369 e. The van der Waals surface area contributed by atoms with Gasteiger partial charge in [0.25, 0.3) is 0 Å². The highest BCUT2D eigenvalue weighted by molar-refractivity contribution is 5.81. The summed E-state index contributed by atoms with van der Waals surface area (Å²) < 4.78 is 5.69. The lowest BCUT2D eigenvalue weighted by Gasteiger charge is -2.23. The van der Waals surface area contributed by atoms with E-state index in [2.05, 4.69) is 28.5 Å². The molecule has 0 radical (unpaired) electrons. The van der Waals surface area contributed by atoms with Crippen molar-refractivity contribution in [3.05, 3.63) is 42.2 Å². The van der Waals surface area contributed by atoms with Crippen molar-refractivity contribution in [1.82, 2.24) is 10.3 Å². The molecule has 0 spiro atoms. The van der Waals surface area contributed by atoms with Crippen LogP contribution in [0.2, 0.25) is 0 Å². The third-order valence-electron chi connectivity index (χ3n) is 2.91. The van der Waals surface area contributed by atoms with Crippen LogP contribution < -0.4 is 5.32 Å². The summed E-state index contributed by atoms with van der Waals surface area (Å²) in [4.78, 5) is 4.47. The van der Waals surface area contributed by atoms with Crippen molar-refractivity contribution in [3.63, 3.8) is 0 Å². The number of hydrogen-bond acceptors (Lipinski definition) is 3. The normalized spacial score (nSPS) is 21.1. The molecule has 1 atom stereocenters. The number of benzene rings is 1. The van der Waals surface area contributed by atoms with E-state index in [1.165, 1.54) is 10.8 Å². The lowest BCUT2D eigenvalue weighted by atomic mass is 10.1. The Morgan fingerprint density at radius 1 is 1.25 bits per heavy atom. The first kappa shape index (κ1) is 9.75. The second-order valence-corrected chi connectivity index (χ2v) is 4.02. The Kier molecular flexibility index (Phi) is 2.56. The summed E-state index contributed by atoms with van der Waals surface area (Å²) >= 11 is 0. The average molecular weight is 214 g/mol. The summed E-state index contributed by atoms with van der Waals surface area (Å²) in [5.74, 6) is 0. The van der Waals surface area contributed by atoms with E-state index in [0.29, 0.717) is 0 Å². The van der Waals surface area contributed by atoms with Crippen molar-refractivity contribution in [1.29, 1.82) is 0 Å². The first-order chi connectivity index (χ1) is 7.93. The van der Waals surface area contributed by atoms with Gasteiger partial charge in [0.1, 0.15) is 6.10 Å². The molecule has 1 fully saturated rings. The van der Waals surface area contributed by atoms with Gasteiger partial charge >= 0.3 is 0 Å². The quantitative estimate of drug-likeness (QED) is 0.787. The molecular weight excluding hydrogens is 200 g/mol. The lowest BCUT2D eigenvalue weighted by Crippen LogP contribution is -2.33. The second-order valence-electron chi connectivity index (χ2n) is 4.02. The zero-order valence-electron chi connectivity index (χ0n) is 9.02. The van der Waals surface area contributed by atoms with Crippen LogP contribution in [0.15, 0.2) is 36.5 Å². The third kappa shape index (κ3) is 1.79. The molecular formula is C13H14N2O. The van der Waals surface area contributed by atoms with E-state index in [0.717, 1.165) is 25.4 Å². The highest BCUT2D eigenvalue weighted by Crippen LogP contribution is 2.20. The van der Waals surface area contributed by atoms with Gasteiger partial charge in [0.2, 0.25) is 0 Å². The molecule has 0 amide bonds. The van der Waals surface area contributed by atoms with Crippen molar-refractivity contribution < 1.29 is 4.74 Å². The number of pyridine rings is 1. The zero-order valence-corrected chi connectivity index (χ0v) is 9.02. The Morgan fingerprint density at radius 2 is 2.12 bits per heavy atom. The fraction of sp³-hybridized carbons (Fsp3) is 0.308. The molecule has 3 nitrogen and oxygen atoms in total. The molecule has 0 saturated carbocycles. The number of nitrogens with zero attached hydrogens (tertiary/aromatic N) is 1. The maximum atomic E-state index is 5.69. The Hall–Kier alpha value is -1.45. The fourth-order valence-corrected chi connectivity index (χ4v) is 2.03. The minimum atomic E-state index is 0.0957. The molecule has 1 N–H and O–H groups in total. The van der Waals surface area contributed by atoms with Gasteiger partial charge in [-0.2, -0.15) is 0 Å². The van der Waals surface area contributed by atoms with Gasteiger partial charge in [-0.05, 0) is 11.5 Å². The first-order valence-corrected chi connectivity index (χ1v) is 5.60. The molecule has 82 valence electrons. The predicted octanol–water partition coefficient (Wildman–Crippen LogP) is 1.90. The van der Waals surface area contributed by atoms with Crippen molar-refractivity contribution in [3.8, 4) is 0 Å². The summed E-state index contributed by atoms with van der Waals surface area (Å²) in [6, 6.07) is 10.4. The number of hydrogen-bond donors (Lipinski definition) is 1. The molecule has 3 rings (SSSR count). The lowest BCUT2D eigenvalue weighted by molar-refractivity contribution is 0.0251. The van der Waals surface area contributed by atoms with E-state index in [9.17, 15) is 0 Å². The number of aromatic nitrogens is 1. The molecule has 2 aromatic rings. The van der Waals surface area contributed by atoms with Crippen molar-refractivity contribution in [2.45, 2.75) is 6.10 Å². The molecule has 3 heteroatoms. The van der Waals surface area contributed by atoms with Crippen LogP contribution in [0.1, 0.15) is 11.8 Å². The highest BCUT2D eigenvalue weighted by atomic mass is 16.5. The molecule has 1 saturated heterocycles. The number of morpholine rings is 1. The Morgan fingerprint density at radius 3 is 2.94 bits per heavy atom. The van der Waals surface area contributed by atoms with Crippen LogP contribution in [-0.4, -0.2) is 24.7 Å². The molecule has 2 heterocycles. The fourth-order valence-electron chi connectivity index (χ4n) is 2.03. The third-order valence-corrected chi connectivity index (χ3v) is 2.91. The van der Waals surface area contributed by atoms with Crippen LogP contribution in [0.5, 0.6) is 0 Å². The van der Waals surface area contributed by atoms with E-state index in [-0.39, 0.29) is 6.10 Å². The van der Waals surface area contributed by atoms with Crippen molar-refractivity contribution >= 4 is 10.8 Å². The second kappa shape index (κ2) is 4.20. The van der Waals surface area contributed by atoms with E-state index < -0.39 is 0 Å². The molecule has 1 aromatic heterocycles. The van der Waals surface area contributed by atoms with Crippen molar-refractivity contribution in [2.75, 3.05) is 19.7 Å². The number of nitrogens with one attached hydrogen (secondary N) is 1. The van der Waals surface area contributed by atoms with Gasteiger partial charge in [0.05, 0.1) is 12.3 Å². The number of ether oxygens (including phenoxy) is 1. The van der Waals surface area contributed by atoms with Crippen LogP contribution in [0.3, 0.4) is 0 Å². The van der Waals surface area contributed by atoms with Crippen LogP contribution in [0.25, 0.3) is 10.8 Å². The Bertz CT molecular complexity index is 492. The van der Waals surface area contributed by atoms with E-state index >= 15 is 0 Å². The molecule has 1 aliphatic rings. The van der Waals surface area contributed by atoms with Crippen LogP contribution >= 0.6 is 0 Å². The summed E-state index contributed by atoms with van der Waals surface area (Å²) in [5, 5.41) is 5.72. The van der Waals surface area contributed by atoms with Crippen molar-refractivity contribution in [2.24, 2.45) is 0 Å². The van der Waals surface area contributed by atoms with Gasteiger partial charge in [-0.1, -0.05) is 24.3 Å². The number of rotatable bonds is 1.